The Kier molecular flexibility index (Phi) is 6.29. The Morgan fingerprint density at radius 3 is 2.72 bits per heavy atom. The highest BCUT2D eigenvalue weighted by atomic mass is 16.5. The van der Waals surface area contributed by atoms with Crippen LogP contribution in [0.1, 0.15) is 26.3 Å². The molecule has 100 valence electrons. The number of hydrogen-bond donors (Lipinski definition) is 1. The van der Waals surface area contributed by atoms with Gasteiger partial charge in [0.2, 0.25) is 0 Å². The monoisotopic (exact) mass is 249 g/mol. The first-order chi connectivity index (χ1) is 8.69. The fourth-order valence-corrected chi connectivity index (χ4v) is 1.68. The molecule has 0 amide bonds. The first kappa shape index (κ1) is 14.6. The van der Waals surface area contributed by atoms with Crippen molar-refractivity contribution >= 4 is 0 Å². The Hall–Kier alpha value is -1.48. The predicted molar refractivity (Wildman–Crippen MR) is 75.3 cm³/mol. The van der Waals surface area contributed by atoms with Crippen molar-refractivity contribution in [3.8, 4) is 11.5 Å². The third kappa shape index (κ3) is 4.41. The Labute approximate surface area is 110 Å². The fourth-order valence-electron chi connectivity index (χ4n) is 1.68. The standard InChI is InChI=1S/C15H23NO2/c1-5-18-14-8-6-7-13(15(14)17-4)11-16-10-9-12(2)3/h6-9,16H,5,10-11H2,1-4H3. The summed E-state index contributed by atoms with van der Waals surface area (Å²) in [6.07, 6.45) is 2.17. The molecule has 3 nitrogen and oxygen atoms in total. The number of hydrogen-bond acceptors (Lipinski definition) is 3. The summed E-state index contributed by atoms with van der Waals surface area (Å²) in [5.41, 5.74) is 2.43. The zero-order chi connectivity index (χ0) is 13.4. The van der Waals surface area contributed by atoms with Crippen molar-refractivity contribution in [2.75, 3.05) is 20.3 Å². The number of para-hydroxylation sites is 1. The van der Waals surface area contributed by atoms with Crippen molar-refractivity contribution < 1.29 is 9.47 Å². The molecule has 0 spiro atoms. The summed E-state index contributed by atoms with van der Waals surface area (Å²) in [4.78, 5) is 0. The molecule has 0 radical (unpaired) electrons. The zero-order valence-electron chi connectivity index (χ0n) is 11.7. The van der Waals surface area contributed by atoms with Crippen molar-refractivity contribution in [1.82, 2.24) is 5.32 Å². The van der Waals surface area contributed by atoms with Gasteiger partial charge in [-0.25, -0.2) is 0 Å². The third-order valence-electron chi connectivity index (χ3n) is 2.53. The second kappa shape index (κ2) is 7.77. The Morgan fingerprint density at radius 2 is 2.11 bits per heavy atom. The molecule has 0 atom stereocenters. The molecule has 0 unspecified atom stereocenters. The van der Waals surface area contributed by atoms with Gasteiger partial charge in [-0.1, -0.05) is 23.8 Å². The van der Waals surface area contributed by atoms with Crippen LogP contribution in [-0.2, 0) is 6.54 Å². The topological polar surface area (TPSA) is 30.5 Å². The van der Waals surface area contributed by atoms with E-state index in [1.54, 1.807) is 7.11 Å². The summed E-state index contributed by atoms with van der Waals surface area (Å²) in [6.45, 7) is 8.44. The van der Waals surface area contributed by atoms with Crippen molar-refractivity contribution in [1.29, 1.82) is 0 Å². The van der Waals surface area contributed by atoms with E-state index < -0.39 is 0 Å². The highest BCUT2D eigenvalue weighted by Crippen LogP contribution is 2.30. The number of methoxy groups -OCH3 is 1. The zero-order valence-corrected chi connectivity index (χ0v) is 11.7. The maximum Gasteiger partial charge on any atom is 0.165 e. The molecule has 1 N–H and O–H groups in total. The molecule has 18 heavy (non-hydrogen) atoms. The average Bonchev–Trinajstić information content (AvgIpc) is 2.35. The SMILES string of the molecule is CCOc1cccc(CNCC=C(C)C)c1OC. The van der Waals surface area contributed by atoms with Gasteiger partial charge in [0.15, 0.2) is 11.5 Å². The number of allylic oxidation sites excluding steroid dienone is 1. The second-order valence-electron chi connectivity index (χ2n) is 4.29. The molecule has 0 aliphatic rings. The summed E-state index contributed by atoms with van der Waals surface area (Å²) < 4.78 is 11.0. The number of rotatable bonds is 7. The van der Waals surface area contributed by atoms with E-state index in [2.05, 4.69) is 31.3 Å². The van der Waals surface area contributed by atoms with Gasteiger partial charge >= 0.3 is 0 Å². The number of ether oxygens (including phenoxy) is 2. The normalized spacial score (nSPS) is 10.0. The van der Waals surface area contributed by atoms with E-state index in [1.807, 2.05) is 19.1 Å². The second-order valence-corrected chi connectivity index (χ2v) is 4.29. The average molecular weight is 249 g/mol. The minimum absolute atomic E-state index is 0.644. The van der Waals surface area contributed by atoms with E-state index in [0.717, 1.165) is 30.2 Å². The molecule has 0 heterocycles. The Bertz CT molecular complexity index is 395. The molecule has 0 saturated carbocycles. The van der Waals surface area contributed by atoms with Crippen LogP contribution in [-0.4, -0.2) is 20.3 Å². The largest absolute Gasteiger partial charge is 0.493 e. The summed E-state index contributed by atoms with van der Waals surface area (Å²) in [5.74, 6) is 1.63. The molecule has 0 aromatic heterocycles. The molecule has 1 rings (SSSR count). The predicted octanol–water partition coefficient (Wildman–Crippen LogP) is 3.15. The lowest BCUT2D eigenvalue weighted by atomic mass is 10.2. The summed E-state index contributed by atoms with van der Waals surface area (Å²) >= 11 is 0. The Morgan fingerprint density at radius 1 is 1.33 bits per heavy atom. The van der Waals surface area contributed by atoms with E-state index >= 15 is 0 Å². The lowest BCUT2D eigenvalue weighted by molar-refractivity contribution is 0.309. The van der Waals surface area contributed by atoms with Gasteiger partial charge in [-0.2, -0.15) is 0 Å². The smallest absolute Gasteiger partial charge is 0.165 e. The van der Waals surface area contributed by atoms with Crippen LogP contribution in [0, 0.1) is 0 Å². The van der Waals surface area contributed by atoms with Crippen LogP contribution in [0.15, 0.2) is 29.8 Å². The maximum absolute atomic E-state index is 5.55. The quantitative estimate of drug-likeness (QED) is 0.595. The molecule has 0 aliphatic carbocycles. The van der Waals surface area contributed by atoms with E-state index in [4.69, 9.17) is 9.47 Å². The summed E-state index contributed by atoms with van der Waals surface area (Å²) in [5, 5.41) is 3.37. The molecule has 3 heteroatoms. The van der Waals surface area contributed by atoms with E-state index in [1.165, 1.54) is 5.57 Å². The van der Waals surface area contributed by atoms with Gasteiger partial charge in [0, 0.05) is 18.7 Å². The lowest BCUT2D eigenvalue weighted by Gasteiger charge is -2.13. The van der Waals surface area contributed by atoms with Crippen LogP contribution in [0.25, 0.3) is 0 Å². The van der Waals surface area contributed by atoms with Gasteiger partial charge in [-0.3, -0.25) is 0 Å². The minimum Gasteiger partial charge on any atom is -0.493 e. The lowest BCUT2D eigenvalue weighted by Crippen LogP contribution is -2.14. The summed E-state index contributed by atoms with van der Waals surface area (Å²) in [7, 11) is 1.68. The molecule has 1 aromatic carbocycles. The number of benzene rings is 1. The van der Waals surface area contributed by atoms with Gasteiger partial charge in [-0.15, -0.1) is 0 Å². The van der Waals surface area contributed by atoms with Crippen LogP contribution in [0.3, 0.4) is 0 Å². The molecule has 1 aromatic rings. The highest BCUT2D eigenvalue weighted by Gasteiger charge is 2.08. The minimum atomic E-state index is 0.644. The summed E-state index contributed by atoms with van der Waals surface area (Å²) in [6, 6.07) is 5.98. The van der Waals surface area contributed by atoms with Crippen molar-refractivity contribution in [3.63, 3.8) is 0 Å². The highest BCUT2D eigenvalue weighted by molar-refractivity contribution is 5.46. The molecule has 0 fully saturated rings. The van der Waals surface area contributed by atoms with Crippen LogP contribution < -0.4 is 14.8 Å². The molecule has 0 aliphatic heterocycles. The number of nitrogens with one attached hydrogen (secondary N) is 1. The van der Waals surface area contributed by atoms with Crippen LogP contribution in [0.2, 0.25) is 0 Å². The van der Waals surface area contributed by atoms with Gasteiger partial charge in [-0.05, 0) is 26.8 Å². The first-order valence-electron chi connectivity index (χ1n) is 6.31. The van der Waals surface area contributed by atoms with E-state index in [0.29, 0.717) is 6.61 Å². The van der Waals surface area contributed by atoms with Gasteiger partial charge in [0.25, 0.3) is 0 Å². The first-order valence-corrected chi connectivity index (χ1v) is 6.31. The third-order valence-corrected chi connectivity index (χ3v) is 2.53. The van der Waals surface area contributed by atoms with E-state index in [-0.39, 0.29) is 0 Å². The molecular weight excluding hydrogens is 226 g/mol. The molecule has 0 saturated heterocycles. The van der Waals surface area contributed by atoms with Crippen LogP contribution in [0.5, 0.6) is 11.5 Å². The van der Waals surface area contributed by atoms with E-state index in [9.17, 15) is 0 Å². The fraction of sp³-hybridized carbons (Fsp3) is 0.467. The van der Waals surface area contributed by atoms with Crippen molar-refractivity contribution in [2.24, 2.45) is 0 Å². The van der Waals surface area contributed by atoms with Crippen LogP contribution >= 0.6 is 0 Å². The molecular formula is C15H23NO2. The Balaban J connectivity index is 2.69. The van der Waals surface area contributed by atoms with Gasteiger partial charge < -0.3 is 14.8 Å². The van der Waals surface area contributed by atoms with Crippen molar-refractivity contribution in [3.05, 3.63) is 35.4 Å². The maximum atomic E-state index is 5.55. The van der Waals surface area contributed by atoms with Gasteiger partial charge in [0.1, 0.15) is 0 Å². The van der Waals surface area contributed by atoms with Gasteiger partial charge in [0.05, 0.1) is 13.7 Å². The molecule has 0 bridgehead atoms. The van der Waals surface area contributed by atoms with Crippen molar-refractivity contribution in [2.45, 2.75) is 27.3 Å². The van der Waals surface area contributed by atoms with Crippen LogP contribution in [0.4, 0.5) is 0 Å².